The van der Waals surface area contributed by atoms with Crippen molar-refractivity contribution in [2.45, 2.75) is 89.2 Å². The first-order valence-electron chi connectivity index (χ1n) is 13.5. The van der Waals surface area contributed by atoms with Gasteiger partial charge in [-0.25, -0.2) is 0 Å². The number of rotatable bonds is 10. The number of nitro groups is 2. The van der Waals surface area contributed by atoms with E-state index in [0.29, 0.717) is 0 Å². The molecule has 1 fully saturated rings. The Balaban J connectivity index is 2.58. The highest BCUT2D eigenvalue weighted by Crippen LogP contribution is 3.04. The van der Waals surface area contributed by atoms with Gasteiger partial charge >= 0.3 is 0 Å². The van der Waals surface area contributed by atoms with Crippen molar-refractivity contribution < 1.29 is 18.7 Å². The molecular weight excluding hydrogens is 611 g/mol. The number of benzene rings is 2. The molecule has 2 aromatic rings. The van der Waals surface area contributed by atoms with Gasteiger partial charge in [0.1, 0.15) is 10.7 Å². The van der Waals surface area contributed by atoms with Crippen LogP contribution in [-0.4, -0.2) is 42.0 Å². The molecule has 8 nitrogen and oxygen atoms in total. The molecule has 0 aliphatic carbocycles. The van der Waals surface area contributed by atoms with Crippen LogP contribution in [0.2, 0.25) is 78.6 Å². The third-order valence-corrected chi connectivity index (χ3v) is 42.8. The van der Waals surface area contributed by atoms with Crippen LogP contribution in [0.4, 0.5) is 11.4 Å². The summed E-state index contributed by atoms with van der Waals surface area (Å²) in [6.07, 6.45) is 0. The van der Waals surface area contributed by atoms with Crippen LogP contribution in [0.25, 0.3) is 0 Å². The Labute approximate surface area is 244 Å². The molecule has 0 aromatic heterocycles. The van der Waals surface area contributed by atoms with Gasteiger partial charge in [-0.15, -0.1) is 0 Å². The highest BCUT2D eigenvalue weighted by atomic mass is 32.3. The molecule has 4 atom stereocenters. The van der Waals surface area contributed by atoms with Gasteiger partial charge in [-0.05, 0) is 74.7 Å². The van der Waals surface area contributed by atoms with Gasteiger partial charge in [-0.1, -0.05) is 53.6 Å². The predicted octanol–water partition coefficient (Wildman–Crippen LogP) is 9.77. The second-order valence-electron chi connectivity index (χ2n) is 14.3. The van der Waals surface area contributed by atoms with Crippen LogP contribution >= 0.6 is 14.3 Å². The molecule has 3 rings (SSSR count). The quantitative estimate of drug-likeness (QED) is 0.109. The lowest BCUT2D eigenvalue weighted by Gasteiger charge is -2.76. The molecule has 2 aromatic carbocycles. The molecule has 1 aliphatic heterocycles. The third-order valence-electron chi connectivity index (χ3n) is 6.37. The lowest BCUT2D eigenvalue weighted by Crippen LogP contribution is -2.67. The second kappa shape index (κ2) is 10.9. The fraction of sp³-hybridized carbons (Fsp3) is 0.538. The minimum atomic E-state index is -2.26. The molecule has 0 N–H and O–H groups in total. The molecule has 14 heteroatoms. The highest BCUT2D eigenvalue weighted by molar-refractivity contribution is 8.57. The molecule has 220 valence electrons. The van der Waals surface area contributed by atoms with E-state index in [2.05, 4.69) is 78.6 Å². The van der Waals surface area contributed by atoms with Crippen molar-refractivity contribution >= 4 is 57.8 Å². The van der Waals surface area contributed by atoms with Gasteiger partial charge < -0.3 is 8.85 Å². The average Bonchev–Trinajstić information content (AvgIpc) is 2.76. The minimum absolute atomic E-state index is 0.0445. The SMILES string of the molecule is C[Si](C)(C)OC1(c2ccc([N+](=O)[O-])cc2)P([Si](C)(C)C)P([Si](C)(C)C)C1(O[Si](C)(C)C)c1ccc([N+](=O)[O-])cc1. The molecular formula is C26H44N2O6P2Si4. The molecule has 0 amide bonds. The number of nitro benzene ring substituents is 2. The van der Waals surface area contributed by atoms with E-state index in [1.165, 1.54) is 0 Å². The largest absolute Gasteiger partial charge is 0.401 e. The monoisotopic (exact) mass is 654 g/mol. The third kappa shape index (κ3) is 6.15. The van der Waals surface area contributed by atoms with E-state index >= 15 is 0 Å². The summed E-state index contributed by atoms with van der Waals surface area (Å²) in [5.41, 5.74) is 1.96. The number of nitrogens with zero attached hydrogens (tertiary/aromatic N) is 2. The summed E-state index contributed by atoms with van der Waals surface area (Å²) in [5.74, 6) is 0. The maximum atomic E-state index is 11.6. The summed E-state index contributed by atoms with van der Waals surface area (Å²) in [6.45, 7) is 27.7. The Morgan fingerprint density at radius 3 is 0.975 bits per heavy atom. The van der Waals surface area contributed by atoms with E-state index < -0.39 is 57.1 Å². The zero-order valence-corrected chi connectivity index (χ0v) is 31.6. The lowest BCUT2D eigenvalue weighted by molar-refractivity contribution is -0.385. The summed E-state index contributed by atoms with van der Waals surface area (Å²) in [7, 11) is -9.76. The Morgan fingerprint density at radius 2 is 0.800 bits per heavy atom. The van der Waals surface area contributed by atoms with Crippen molar-refractivity contribution in [2.24, 2.45) is 0 Å². The standard InChI is InChI=1S/C26H44N2O6P2Si4/c1-37(2,3)33-25(21-13-17-23(18-14-21)27(29)30)26(34-38(4,5)6,22-15-19-24(20-16-22)28(31)32)36(40(10,11)12)35(25)39(7,8)9/h13-20H,1-12H3. The van der Waals surface area contributed by atoms with Gasteiger partial charge in [-0.2, -0.15) is 0 Å². The summed E-state index contributed by atoms with van der Waals surface area (Å²) >= 11 is 0. The topological polar surface area (TPSA) is 105 Å². The van der Waals surface area contributed by atoms with Crippen LogP contribution in [0, 0.1) is 20.2 Å². The molecule has 0 radical (unpaired) electrons. The van der Waals surface area contributed by atoms with Gasteiger partial charge in [0.05, 0.1) is 25.3 Å². The predicted molar refractivity (Wildman–Crippen MR) is 179 cm³/mol. The summed E-state index contributed by atoms with van der Waals surface area (Å²) < 4.78 is 15.1. The number of hydrogen-bond acceptors (Lipinski definition) is 6. The van der Waals surface area contributed by atoms with Gasteiger partial charge in [0.15, 0.2) is 16.6 Å². The summed E-state index contributed by atoms with van der Waals surface area (Å²) in [5, 5.41) is 21.6. The fourth-order valence-electron chi connectivity index (χ4n) is 5.55. The Kier molecular flexibility index (Phi) is 9.07. The van der Waals surface area contributed by atoms with Crippen molar-refractivity contribution in [3.05, 3.63) is 79.9 Å². The van der Waals surface area contributed by atoms with Gasteiger partial charge in [0, 0.05) is 24.3 Å². The second-order valence-corrected chi connectivity index (χ2v) is 49.7. The Bertz CT molecular complexity index is 1170. The maximum absolute atomic E-state index is 11.6. The number of hydrogen-bond donors (Lipinski definition) is 0. The first kappa shape index (κ1) is 33.4. The van der Waals surface area contributed by atoms with E-state index in [0.717, 1.165) is 11.1 Å². The van der Waals surface area contributed by atoms with Crippen molar-refractivity contribution in [1.82, 2.24) is 0 Å². The molecule has 1 aliphatic rings. The van der Waals surface area contributed by atoms with Crippen LogP contribution in [0.3, 0.4) is 0 Å². The van der Waals surface area contributed by atoms with E-state index in [-0.39, 0.29) is 21.2 Å². The lowest BCUT2D eigenvalue weighted by atomic mass is 9.96. The summed E-state index contributed by atoms with van der Waals surface area (Å²) in [4.78, 5) is 22.5. The first-order chi connectivity index (χ1) is 18.0. The van der Waals surface area contributed by atoms with Gasteiger partial charge in [0.25, 0.3) is 11.4 Å². The number of non-ortho nitro benzene ring substituents is 2. The van der Waals surface area contributed by atoms with Crippen LogP contribution in [0.1, 0.15) is 11.1 Å². The molecule has 1 saturated heterocycles. The highest BCUT2D eigenvalue weighted by Gasteiger charge is 2.80. The normalized spacial score (nSPS) is 25.8. The van der Waals surface area contributed by atoms with E-state index in [9.17, 15) is 20.2 Å². The van der Waals surface area contributed by atoms with E-state index in [1.807, 2.05) is 24.3 Å². The van der Waals surface area contributed by atoms with Crippen LogP contribution < -0.4 is 0 Å². The zero-order chi connectivity index (χ0) is 30.7. The molecule has 0 saturated carbocycles. The Hall–Kier alpha value is -1.11. The molecule has 40 heavy (non-hydrogen) atoms. The van der Waals surface area contributed by atoms with E-state index in [4.69, 9.17) is 8.85 Å². The van der Waals surface area contributed by atoms with Crippen molar-refractivity contribution in [2.75, 3.05) is 0 Å². The Morgan fingerprint density at radius 1 is 0.550 bits per heavy atom. The first-order valence-corrected chi connectivity index (χ1v) is 32.4. The van der Waals surface area contributed by atoms with Gasteiger partial charge in [0.2, 0.25) is 0 Å². The molecule has 4 unspecified atom stereocenters. The minimum Gasteiger partial charge on any atom is -0.401 e. The van der Waals surface area contributed by atoms with E-state index in [1.54, 1.807) is 24.3 Å². The maximum Gasteiger partial charge on any atom is 0.269 e. The zero-order valence-electron chi connectivity index (χ0n) is 25.9. The fourth-order valence-corrected chi connectivity index (χ4v) is 61.5. The smallest absolute Gasteiger partial charge is 0.269 e. The van der Waals surface area contributed by atoms with Crippen molar-refractivity contribution in [3.8, 4) is 0 Å². The van der Waals surface area contributed by atoms with Crippen molar-refractivity contribution in [1.29, 1.82) is 0 Å². The van der Waals surface area contributed by atoms with Crippen LogP contribution in [-0.2, 0) is 19.5 Å². The summed E-state index contributed by atoms with van der Waals surface area (Å²) in [6, 6.07) is 13.9. The van der Waals surface area contributed by atoms with Crippen LogP contribution in [0.15, 0.2) is 48.5 Å². The molecule has 0 bridgehead atoms. The van der Waals surface area contributed by atoms with Crippen LogP contribution in [0.5, 0.6) is 0 Å². The molecule has 0 spiro atoms. The average molecular weight is 655 g/mol. The van der Waals surface area contributed by atoms with Crippen molar-refractivity contribution in [3.63, 3.8) is 0 Å². The molecule has 1 heterocycles. The van der Waals surface area contributed by atoms with Gasteiger partial charge in [-0.3, -0.25) is 20.2 Å².